The van der Waals surface area contributed by atoms with Crippen LogP contribution in [0.15, 0.2) is 24.3 Å². The molecule has 0 spiro atoms. The van der Waals surface area contributed by atoms with Crippen molar-refractivity contribution in [1.29, 1.82) is 0 Å². The number of rotatable bonds is 5. The molecule has 1 aromatic carbocycles. The van der Waals surface area contributed by atoms with E-state index in [0.717, 1.165) is 5.56 Å². The van der Waals surface area contributed by atoms with Crippen molar-refractivity contribution in [3.63, 3.8) is 0 Å². The van der Waals surface area contributed by atoms with Crippen molar-refractivity contribution in [3.05, 3.63) is 35.4 Å². The molecule has 0 bridgehead atoms. The number of carbonyl (C=O) groups is 2. The Kier molecular flexibility index (Phi) is 5.36. The van der Waals surface area contributed by atoms with Gasteiger partial charge < -0.3 is 9.64 Å². The van der Waals surface area contributed by atoms with Crippen LogP contribution < -0.4 is 0 Å². The Balaban J connectivity index is 2.57. The lowest BCUT2D eigenvalue weighted by atomic mass is 10.1. The zero-order valence-corrected chi connectivity index (χ0v) is 11.1. The highest BCUT2D eigenvalue weighted by molar-refractivity contribution is 5.92. The van der Waals surface area contributed by atoms with E-state index in [-0.39, 0.29) is 12.5 Å². The van der Waals surface area contributed by atoms with E-state index in [1.165, 1.54) is 0 Å². The molecule has 0 unspecified atom stereocenters. The summed E-state index contributed by atoms with van der Waals surface area (Å²) in [5.74, 6) is -0.615. The molecule has 0 aliphatic carbocycles. The van der Waals surface area contributed by atoms with Crippen LogP contribution in [0.1, 0.15) is 29.8 Å². The Hall–Kier alpha value is -1.84. The van der Waals surface area contributed by atoms with Crippen LogP contribution in [-0.4, -0.2) is 36.5 Å². The van der Waals surface area contributed by atoms with Crippen LogP contribution >= 0.6 is 0 Å². The van der Waals surface area contributed by atoms with Gasteiger partial charge in [-0.05, 0) is 32.4 Å². The third kappa shape index (κ3) is 3.58. The number of aryl methyl sites for hydroxylation is 1. The second kappa shape index (κ2) is 6.79. The van der Waals surface area contributed by atoms with E-state index < -0.39 is 5.97 Å². The highest BCUT2D eigenvalue weighted by Gasteiger charge is 2.14. The number of hydrogen-bond donors (Lipinski definition) is 0. The fraction of sp³-hybridized carbons (Fsp3) is 0.429. The van der Waals surface area contributed by atoms with Crippen LogP contribution in [0, 0.1) is 6.92 Å². The van der Waals surface area contributed by atoms with Gasteiger partial charge in [0.2, 0.25) is 0 Å². The van der Waals surface area contributed by atoms with E-state index in [1.807, 2.05) is 32.9 Å². The predicted octanol–water partition coefficient (Wildman–Crippen LogP) is 2.02. The maximum Gasteiger partial charge on any atom is 0.338 e. The van der Waals surface area contributed by atoms with Crippen molar-refractivity contribution in [2.24, 2.45) is 0 Å². The average Bonchev–Trinajstić information content (AvgIpc) is 2.38. The largest absolute Gasteiger partial charge is 0.452 e. The van der Waals surface area contributed by atoms with E-state index in [2.05, 4.69) is 0 Å². The normalized spacial score (nSPS) is 9.94. The van der Waals surface area contributed by atoms with Gasteiger partial charge in [0.15, 0.2) is 6.61 Å². The van der Waals surface area contributed by atoms with Gasteiger partial charge in [-0.25, -0.2) is 4.79 Å². The van der Waals surface area contributed by atoms with Gasteiger partial charge >= 0.3 is 5.97 Å². The van der Waals surface area contributed by atoms with Crippen LogP contribution in [0.5, 0.6) is 0 Å². The SMILES string of the molecule is CCN(CC)C(=O)COC(=O)c1ccccc1C. The summed E-state index contributed by atoms with van der Waals surface area (Å²) in [4.78, 5) is 25.1. The molecule has 1 rings (SSSR count). The number of nitrogens with zero attached hydrogens (tertiary/aromatic N) is 1. The summed E-state index contributed by atoms with van der Waals surface area (Å²) < 4.78 is 5.03. The molecular weight excluding hydrogens is 230 g/mol. The molecular formula is C14H19NO3. The number of esters is 1. The summed E-state index contributed by atoms with van der Waals surface area (Å²) >= 11 is 0. The minimum Gasteiger partial charge on any atom is -0.452 e. The quantitative estimate of drug-likeness (QED) is 0.750. The number of likely N-dealkylation sites (N-methyl/N-ethyl adjacent to an activating group) is 1. The molecule has 4 heteroatoms. The van der Waals surface area contributed by atoms with E-state index in [4.69, 9.17) is 4.74 Å². The third-order valence-corrected chi connectivity index (χ3v) is 2.81. The molecule has 0 aliphatic heterocycles. The first-order chi connectivity index (χ1) is 8.60. The summed E-state index contributed by atoms with van der Waals surface area (Å²) in [6.45, 7) is 6.67. The molecule has 0 N–H and O–H groups in total. The zero-order chi connectivity index (χ0) is 13.5. The van der Waals surface area contributed by atoms with Crippen molar-refractivity contribution in [2.75, 3.05) is 19.7 Å². The molecule has 0 heterocycles. The Morgan fingerprint density at radius 3 is 2.33 bits per heavy atom. The molecule has 0 saturated carbocycles. The molecule has 1 aromatic rings. The lowest BCUT2D eigenvalue weighted by Gasteiger charge is -2.18. The summed E-state index contributed by atoms with van der Waals surface area (Å²) in [5, 5.41) is 0. The van der Waals surface area contributed by atoms with E-state index in [1.54, 1.807) is 17.0 Å². The zero-order valence-electron chi connectivity index (χ0n) is 11.1. The Labute approximate surface area is 108 Å². The van der Waals surface area contributed by atoms with Gasteiger partial charge in [-0.3, -0.25) is 4.79 Å². The first-order valence-corrected chi connectivity index (χ1v) is 6.10. The van der Waals surface area contributed by atoms with Crippen molar-refractivity contribution < 1.29 is 14.3 Å². The first kappa shape index (κ1) is 14.2. The van der Waals surface area contributed by atoms with Crippen molar-refractivity contribution in [1.82, 2.24) is 4.90 Å². The van der Waals surface area contributed by atoms with Crippen LogP contribution in [0.25, 0.3) is 0 Å². The molecule has 18 heavy (non-hydrogen) atoms. The van der Waals surface area contributed by atoms with Gasteiger partial charge in [0.1, 0.15) is 0 Å². The third-order valence-electron chi connectivity index (χ3n) is 2.81. The average molecular weight is 249 g/mol. The van der Waals surface area contributed by atoms with E-state index in [9.17, 15) is 9.59 Å². The predicted molar refractivity (Wildman–Crippen MR) is 69.4 cm³/mol. The van der Waals surface area contributed by atoms with Crippen LogP contribution in [-0.2, 0) is 9.53 Å². The number of ether oxygens (including phenoxy) is 1. The fourth-order valence-electron chi connectivity index (χ4n) is 1.67. The fourth-order valence-corrected chi connectivity index (χ4v) is 1.67. The minimum atomic E-state index is -0.450. The summed E-state index contributed by atoms with van der Waals surface area (Å²) in [6.07, 6.45) is 0. The second-order valence-corrected chi connectivity index (χ2v) is 3.96. The Bertz CT molecular complexity index is 425. The van der Waals surface area contributed by atoms with Gasteiger partial charge in [0, 0.05) is 13.1 Å². The van der Waals surface area contributed by atoms with Gasteiger partial charge in [-0.15, -0.1) is 0 Å². The smallest absolute Gasteiger partial charge is 0.338 e. The molecule has 1 amide bonds. The molecule has 4 nitrogen and oxygen atoms in total. The lowest BCUT2D eigenvalue weighted by Crippen LogP contribution is -2.34. The first-order valence-electron chi connectivity index (χ1n) is 6.10. The maximum atomic E-state index is 11.8. The molecule has 0 saturated heterocycles. The van der Waals surface area contributed by atoms with Crippen molar-refractivity contribution in [2.45, 2.75) is 20.8 Å². The molecule has 98 valence electrons. The van der Waals surface area contributed by atoms with E-state index >= 15 is 0 Å². The van der Waals surface area contributed by atoms with E-state index in [0.29, 0.717) is 18.7 Å². The van der Waals surface area contributed by atoms with Gasteiger partial charge in [0.05, 0.1) is 5.56 Å². The number of amides is 1. The molecule has 0 aliphatic rings. The van der Waals surface area contributed by atoms with Crippen LogP contribution in [0.2, 0.25) is 0 Å². The van der Waals surface area contributed by atoms with Gasteiger partial charge in [-0.1, -0.05) is 18.2 Å². The maximum absolute atomic E-state index is 11.8. The van der Waals surface area contributed by atoms with Gasteiger partial charge in [0.25, 0.3) is 5.91 Å². The minimum absolute atomic E-state index is 0.165. The molecule has 0 fully saturated rings. The topological polar surface area (TPSA) is 46.6 Å². The number of benzene rings is 1. The Morgan fingerprint density at radius 2 is 1.78 bits per heavy atom. The Morgan fingerprint density at radius 1 is 1.17 bits per heavy atom. The molecule has 0 atom stereocenters. The summed E-state index contributed by atoms with van der Waals surface area (Å²) in [5.41, 5.74) is 1.35. The number of carbonyl (C=O) groups excluding carboxylic acids is 2. The summed E-state index contributed by atoms with van der Waals surface area (Å²) in [6, 6.07) is 7.16. The van der Waals surface area contributed by atoms with Crippen molar-refractivity contribution in [3.8, 4) is 0 Å². The standard InChI is InChI=1S/C14H19NO3/c1-4-15(5-2)13(16)10-18-14(17)12-9-7-6-8-11(12)3/h6-9H,4-5,10H2,1-3H3. The van der Waals surface area contributed by atoms with Crippen LogP contribution in [0.3, 0.4) is 0 Å². The lowest BCUT2D eigenvalue weighted by molar-refractivity contribution is -0.134. The van der Waals surface area contributed by atoms with Crippen molar-refractivity contribution >= 4 is 11.9 Å². The van der Waals surface area contributed by atoms with Gasteiger partial charge in [-0.2, -0.15) is 0 Å². The monoisotopic (exact) mass is 249 g/mol. The summed E-state index contributed by atoms with van der Waals surface area (Å²) in [7, 11) is 0. The molecule has 0 aromatic heterocycles. The highest BCUT2D eigenvalue weighted by Crippen LogP contribution is 2.08. The number of hydrogen-bond acceptors (Lipinski definition) is 3. The second-order valence-electron chi connectivity index (χ2n) is 3.96. The van der Waals surface area contributed by atoms with Crippen LogP contribution in [0.4, 0.5) is 0 Å². The molecule has 0 radical (unpaired) electrons. The highest BCUT2D eigenvalue weighted by atomic mass is 16.5.